The zero-order valence-electron chi connectivity index (χ0n) is 9.96. The summed E-state index contributed by atoms with van der Waals surface area (Å²) in [5.41, 5.74) is 1.21. The Hall–Kier alpha value is -1.48. The van der Waals surface area contributed by atoms with Gasteiger partial charge in [0.1, 0.15) is 0 Å². The molecule has 1 amide bonds. The number of rotatable bonds is 5. The van der Waals surface area contributed by atoms with Crippen molar-refractivity contribution in [1.82, 2.24) is 4.72 Å². The fourth-order valence-corrected chi connectivity index (χ4v) is 3.06. The Labute approximate surface area is 110 Å². The van der Waals surface area contributed by atoms with Crippen molar-refractivity contribution in [2.45, 2.75) is 17.4 Å². The van der Waals surface area contributed by atoms with E-state index in [1.165, 1.54) is 18.2 Å². The first-order chi connectivity index (χ1) is 8.96. The molecule has 0 saturated heterocycles. The molecule has 2 rings (SSSR count). The molecule has 1 aromatic carbocycles. The SMILES string of the molecule is O=C1Cc2cc(S(=O)(=O)NC(CO)CO)ccc2N1. The predicted octanol–water partition coefficient (Wildman–Crippen LogP) is -1.19. The van der Waals surface area contributed by atoms with Crippen molar-refractivity contribution in [3.05, 3.63) is 23.8 Å². The number of hydrogen-bond donors (Lipinski definition) is 4. The molecule has 1 heterocycles. The highest BCUT2D eigenvalue weighted by molar-refractivity contribution is 7.89. The summed E-state index contributed by atoms with van der Waals surface area (Å²) in [6, 6.07) is 3.33. The smallest absolute Gasteiger partial charge is 0.240 e. The fraction of sp³-hybridized carbons (Fsp3) is 0.364. The highest BCUT2D eigenvalue weighted by Gasteiger charge is 2.23. The van der Waals surface area contributed by atoms with Crippen molar-refractivity contribution in [1.29, 1.82) is 0 Å². The third-order valence-corrected chi connectivity index (χ3v) is 4.29. The van der Waals surface area contributed by atoms with Gasteiger partial charge in [-0.15, -0.1) is 0 Å². The second kappa shape index (κ2) is 5.25. The highest BCUT2D eigenvalue weighted by atomic mass is 32.2. The van der Waals surface area contributed by atoms with Crippen molar-refractivity contribution < 1.29 is 23.4 Å². The molecule has 19 heavy (non-hydrogen) atoms. The topological polar surface area (TPSA) is 116 Å². The zero-order chi connectivity index (χ0) is 14.0. The van der Waals surface area contributed by atoms with E-state index in [1.54, 1.807) is 0 Å². The minimum Gasteiger partial charge on any atom is -0.395 e. The molecule has 0 bridgehead atoms. The minimum absolute atomic E-state index is 0.00495. The first-order valence-electron chi connectivity index (χ1n) is 5.63. The van der Waals surface area contributed by atoms with Crippen molar-refractivity contribution in [2.24, 2.45) is 0 Å². The lowest BCUT2D eigenvalue weighted by atomic mass is 10.2. The second-order valence-corrected chi connectivity index (χ2v) is 5.94. The van der Waals surface area contributed by atoms with Crippen molar-refractivity contribution >= 4 is 21.6 Å². The van der Waals surface area contributed by atoms with Crippen LogP contribution in [0.1, 0.15) is 5.56 Å². The van der Waals surface area contributed by atoms with Crippen LogP contribution in [0, 0.1) is 0 Å². The normalized spacial score (nSPS) is 14.6. The molecule has 1 aliphatic rings. The summed E-state index contributed by atoms with van der Waals surface area (Å²) in [6.45, 7) is -0.999. The molecule has 0 radical (unpaired) electrons. The molecule has 8 heteroatoms. The molecule has 1 aromatic rings. The number of amides is 1. The molecule has 0 fully saturated rings. The van der Waals surface area contributed by atoms with Crippen LogP contribution in [0.2, 0.25) is 0 Å². The lowest BCUT2D eigenvalue weighted by molar-refractivity contribution is -0.115. The first kappa shape index (κ1) is 13.9. The van der Waals surface area contributed by atoms with Gasteiger partial charge in [-0.2, -0.15) is 0 Å². The van der Waals surface area contributed by atoms with Crippen LogP contribution in [0.3, 0.4) is 0 Å². The molecule has 4 N–H and O–H groups in total. The number of hydrogen-bond acceptors (Lipinski definition) is 5. The molecule has 0 aromatic heterocycles. The van der Waals surface area contributed by atoms with Gasteiger partial charge in [-0.25, -0.2) is 13.1 Å². The Morgan fingerprint density at radius 1 is 1.32 bits per heavy atom. The predicted molar refractivity (Wildman–Crippen MR) is 67.1 cm³/mol. The Bertz CT molecular complexity index is 595. The van der Waals surface area contributed by atoms with Gasteiger partial charge in [0, 0.05) is 5.69 Å². The molecule has 7 nitrogen and oxygen atoms in total. The van der Waals surface area contributed by atoms with Gasteiger partial charge in [0.25, 0.3) is 0 Å². The van der Waals surface area contributed by atoms with Gasteiger partial charge in [-0.05, 0) is 23.8 Å². The van der Waals surface area contributed by atoms with Gasteiger partial charge in [0.05, 0.1) is 30.6 Å². The molecule has 0 spiro atoms. The fourth-order valence-electron chi connectivity index (χ4n) is 1.79. The van der Waals surface area contributed by atoms with E-state index in [9.17, 15) is 13.2 Å². The van der Waals surface area contributed by atoms with Crippen molar-refractivity contribution in [3.63, 3.8) is 0 Å². The van der Waals surface area contributed by atoms with Crippen LogP contribution in [-0.4, -0.2) is 43.8 Å². The van der Waals surface area contributed by atoms with Gasteiger partial charge in [-0.1, -0.05) is 0 Å². The van der Waals surface area contributed by atoms with Crippen LogP contribution in [0.5, 0.6) is 0 Å². The van der Waals surface area contributed by atoms with E-state index >= 15 is 0 Å². The van der Waals surface area contributed by atoms with Crippen LogP contribution in [0.4, 0.5) is 5.69 Å². The lowest BCUT2D eigenvalue weighted by Gasteiger charge is -2.14. The second-order valence-electron chi connectivity index (χ2n) is 4.23. The van der Waals surface area contributed by atoms with Crippen LogP contribution in [0.15, 0.2) is 23.1 Å². The summed E-state index contributed by atoms with van der Waals surface area (Å²) in [6.07, 6.45) is 0.141. The Balaban J connectivity index is 2.27. The van der Waals surface area contributed by atoms with Crippen LogP contribution in [-0.2, 0) is 21.2 Å². The summed E-state index contributed by atoms with van der Waals surface area (Å²) in [4.78, 5) is 11.2. The largest absolute Gasteiger partial charge is 0.395 e. The molecule has 0 saturated carbocycles. The van der Waals surface area contributed by atoms with E-state index in [-0.39, 0.29) is 17.2 Å². The minimum atomic E-state index is -3.83. The number of benzene rings is 1. The van der Waals surface area contributed by atoms with Crippen LogP contribution >= 0.6 is 0 Å². The molecule has 1 aliphatic heterocycles. The van der Waals surface area contributed by atoms with Gasteiger partial charge in [0.2, 0.25) is 15.9 Å². The number of fused-ring (bicyclic) bond motifs is 1. The summed E-state index contributed by atoms with van der Waals surface area (Å²) < 4.78 is 26.2. The van der Waals surface area contributed by atoms with E-state index < -0.39 is 29.3 Å². The van der Waals surface area contributed by atoms with Gasteiger partial charge in [0.15, 0.2) is 0 Å². The lowest BCUT2D eigenvalue weighted by Crippen LogP contribution is -2.40. The maximum absolute atomic E-state index is 12.0. The van der Waals surface area contributed by atoms with Gasteiger partial charge < -0.3 is 15.5 Å². The number of carbonyl (C=O) groups is 1. The Kier molecular flexibility index (Phi) is 3.85. The van der Waals surface area contributed by atoms with Crippen molar-refractivity contribution in [3.8, 4) is 0 Å². The Morgan fingerprint density at radius 3 is 2.63 bits per heavy atom. The number of anilines is 1. The molecule has 0 unspecified atom stereocenters. The number of nitrogens with one attached hydrogen (secondary N) is 2. The van der Waals surface area contributed by atoms with E-state index in [0.29, 0.717) is 11.3 Å². The van der Waals surface area contributed by atoms with Gasteiger partial charge in [-0.3, -0.25) is 4.79 Å². The third kappa shape index (κ3) is 2.92. The maximum Gasteiger partial charge on any atom is 0.240 e. The number of carbonyl (C=O) groups excluding carboxylic acids is 1. The van der Waals surface area contributed by atoms with E-state index in [2.05, 4.69) is 10.0 Å². The standard InChI is InChI=1S/C11H14N2O5S/c14-5-8(6-15)13-19(17,18)9-1-2-10-7(3-9)4-11(16)12-10/h1-3,8,13-15H,4-6H2,(H,12,16). The van der Waals surface area contributed by atoms with E-state index in [4.69, 9.17) is 10.2 Å². The quantitative estimate of drug-likeness (QED) is 0.543. The molecule has 0 atom stereocenters. The highest BCUT2D eigenvalue weighted by Crippen LogP contribution is 2.25. The number of aliphatic hydroxyl groups is 2. The first-order valence-corrected chi connectivity index (χ1v) is 7.11. The molecule has 104 valence electrons. The molecular formula is C11H14N2O5S. The number of aliphatic hydroxyl groups excluding tert-OH is 2. The van der Waals surface area contributed by atoms with Crippen LogP contribution < -0.4 is 10.0 Å². The summed E-state index contributed by atoms with van der Waals surface area (Å²) in [7, 11) is -3.83. The number of sulfonamides is 1. The van der Waals surface area contributed by atoms with Gasteiger partial charge >= 0.3 is 0 Å². The maximum atomic E-state index is 12.0. The molecular weight excluding hydrogens is 272 g/mol. The van der Waals surface area contributed by atoms with Crippen molar-refractivity contribution in [2.75, 3.05) is 18.5 Å². The van der Waals surface area contributed by atoms with E-state index in [0.717, 1.165) is 0 Å². The monoisotopic (exact) mass is 286 g/mol. The third-order valence-electron chi connectivity index (χ3n) is 2.77. The molecule has 0 aliphatic carbocycles. The summed E-state index contributed by atoms with van der Waals surface area (Å²) >= 11 is 0. The summed E-state index contributed by atoms with van der Waals surface area (Å²) in [5.74, 6) is -0.180. The average molecular weight is 286 g/mol. The summed E-state index contributed by atoms with van der Waals surface area (Å²) in [5, 5.41) is 20.4. The average Bonchev–Trinajstić information content (AvgIpc) is 2.74. The van der Waals surface area contributed by atoms with E-state index in [1.807, 2.05) is 0 Å². The Morgan fingerprint density at radius 2 is 2.00 bits per heavy atom. The van der Waals surface area contributed by atoms with Crippen LogP contribution in [0.25, 0.3) is 0 Å². The zero-order valence-corrected chi connectivity index (χ0v) is 10.8.